The average molecular weight is 454 g/mol. The number of hydrogen-bond acceptors (Lipinski definition) is 5. The largest absolute Gasteiger partial charge is 0.375 e. The maximum Gasteiger partial charge on any atom is 0.255 e. The molecular weight excluding hydrogens is 432 g/mol. The van der Waals surface area contributed by atoms with Crippen LogP contribution in [0.25, 0.3) is 0 Å². The summed E-state index contributed by atoms with van der Waals surface area (Å²) < 4.78 is 28.0. The van der Waals surface area contributed by atoms with Crippen molar-refractivity contribution in [2.75, 3.05) is 12.4 Å². The number of anilines is 1. The van der Waals surface area contributed by atoms with E-state index in [1.807, 2.05) is 11.9 Å². The summed E-state index contributed by atoms with van der Waals surface area (Å²) in [7, 11) is 1.87. The summed E-state index contributed by atoms with van der Waals surface area (Å²) in [5.74, 6) is -0.741. The molecule has 2 aromatic rings. The molecule has 9 heteroatoms. The number of hydrazone groups is 1. The van der Waals surface area contributed by atoms with Crippen molar-refractivity contribution in [2.45, 2.75) is 43.4 Å². The number of carbonyl (C=O) groups is 1. The number of carbonyl (C=O) groups excluding carboxylic acids is 1. The van der Waals surface area contributed by atoms with Gasteiger partial charge in [-0.3, -0.25) is 9.69 Å². The average Bonchev–Trinajstić information content (AvgIpc) is 2.94. The van der Waals surface area contributed by atoms with Crippen LogP contribution in [0.3, 0.4) is 0 Å². The lowest BCUT2D eigenvalue weighted by Gasteiger charge is -2.43. The van der Waals surface area contributed by atoms with Crippen LogP contribution in [0.2, 0.25) is 0 Å². The Morgan fingerprint density at radius 2 is 1.91 bits per heavy atom. The van der Waals surface area contributed by atoms with Gasteiger partial charge in [0.2, 0.25) is 0 Å². The van der Waals surface area contributed by atoms with Crippen molar-refractivity contribution >= 4 is 34.6 Å². The first-order valence-electron chi connectivity index (χ1n) is 10.7. The molecule has 1 amide bonds. The first-order chi connectivity index (χ1) is 15.4. The summed E-state index contributed by atoms with van der Waals surface area (Å²) in [6.07, 6.45) is 2.50. The highest BCUT2D eigenvalue weighted by atomic mass is 32.1. The Bertz CT molecular complexity index is 1190. The minimum absolute atomic E-state index is 0.0319. The van der Waals surface area contributed by atoms with Crippen LogP contribution in [0.5, 0.6) is 0 Å². The van der Waals surface area contributed by atoms with Gasteiger partial charge in [-0.25, -0.2) is 8.78 Å². The van der Waals surface area contributed by atoms with Gasteiger partial charge in [-0.15, -0.1) is 0 Å². The maximum atomic E-state index is 14.4. The highest BCUT2D eigenvalue weighted by Crippen LogP contribution is 2.47. The fourth-order valence-electron chi connectivity index (χ4n) is 5.42. The number of amides is 1. The minimum atomic E-state index is -0.598. The van der Waals surface area contributed by atoms with Gasteiger partial charge in [-0.1, -0.05) is 12.1 Å². The van der Waals surface area contributed by atoms with Crippen LogP contribution in [-0.4, -0.2) is 45.2 Å². The number of thiocarbonyl (C=S) groups is 1. The molecule has 1 aliphatic carbocycles. The Hall–Kier alpha value is -3.07. The summed E-state index contributed by atoms with van der Waals surface area (Å²) in [5.41, 5.74) is 5.95. The molecule has 2 aromatic carbocycles. The molecule has 6 nitrogen and oxygen atoms in total. The molecule has 4 aliphatic rings. The first kappa shape index (κ1) is 19.6. The molecule has 0 radical (unpaired) electrons. The molecular formula is C23H21F2N5OS. The number of benzene rings is 2. The van der Waals surface area contributed by atoms with Crippen LogP contribution < -0.4 is 10.7 Å². The second-order valence-electron chi connectivity index (χ2n) is 8.84. The molecule has 0 aromatic heterocycles. The molecule has 2 atom stereocenters. The van der Waals surface area contributed by atoms with E-state index in [0.717, 1.165) is 36.0 Å². The van der Waals surface area contributed by atoms with Crippen molar-refractivity contribution in [1.82, 2.24) is 15.2 Å². The van der Waals surface area contributed by atoms with Crippen molar-refractivity contribution in [1.29, 1.82) is 0 Å². The van der Waals surface area contributed by atoms with Gasteiger partial charge in [-0.2, -0.15) is 5.10 Å². The van der Waals surface area contributed by atoms with Gasteiger partial charge in [0.25, 0.3) is 5.91 Å². The molecule has 3 heterocycles. The lowest BCUT2D eigenvalue weighted by Crippen LogP contribution is -2.57. The lowest BCUT2D eigenvalue weighted by molar-refractivity contribution is -0.137. The zero-order valence-corrected chi connectivity index (χ0v) is 18.2. The number of halogens is 2. The quantitative estimate of drug-likeness (QED) is 0.684. The predicted octanol–water partition coefficient (Wildman–Crippen LogP) is 3.29. The Morgan fingerprint density at radius 3 is 2.56 bits per heavy atom. The standard InChI is InChI=1S/C23H21F2N5OS/c1-29-22(32)30(21(31)23(29)7-2-8-23)20-18(12-3-5-14(24)6-4-12)27-16-10-15(25)9-13-11-26-28-19(20)17(13)16/h3-6,9-10,18,20,26-27H,2,7-8,11H2,1H3. The van der Waals surface area contributed by atoms with Gasteiger partial charge in [0.1, 0.15) is 23.2 Å². The molecule has 1 saturated carbocycles. The topological polar surface area (TPSA) is 60.0 Å². The number of nitrogens with zero attached hydrogens (tertiary/aromatic N) is 3. The molecule has 3 aliphatic heterocycles. The molecule has 2 N–H and O–H groups in total. The van der Waals surface area contributed by atoms with Crippen LogP contribution in [0, 0.1) is 11.6 Å². The molecule has 1 saturated heterocycles. The number of nitrogens with one attached hydrogen (secondary N) is 2. The van der Waals surface area contributed by atoms with E-state index in [0.29, 0.717) is 23.1 Å². The molecule has 2 unspecified atom stereocenters. The second-order valence-corrected chi connectivity index (χ2v) is 9.20. The summed E-state index contributed by atoms with van der Waals surface area (Å²) in [4.78, 5) is 17.3. The van der Waals surface area contributed by atoms with Crippen molar-refractivity contribution in [3.63, 3.8) is 0 Å². The summed E-state index contributed by atoms with van der Waals surface area (Å²) in [6, 6.07) is 7.99. The van der Waals surface area contributed by atoms with Crippen LogP contribution in [0.15, 0.2) is 41.5 Å². The van der Waals surface area contributed by atoms with Crippen molar-refractivity contribution < 1.29 is 13.6 Å². The van der Waals surface area contributed by atoms with Gasteiger partial charge in [0.05, 0.1) is 18.3 Å². The van der Waals surface area contributed by atoms with E-state index in [1.54, 1.807) is 17.0 Å². The smallest absolute Gasteiger partial charge is 0.255 e. The molecule has 164 valence electrons. The fourth-order valence-corrected chi connectivity index (χ4v) is 5.79. The SMILES string of the molecule is CN1C(=S)N(C2C3=NNCc4cc(F)cc(c43)NC2c2ccc(F)cc2)C(=O)C12CCC2. The van der Waals surface area contributed by atoms with Gasteiger partial charge >= 0.3 is 0 Å². The zero-order valence-electron chi connectivity index (χ0n) is 17.4. The Morgan fingerprint density at radius 1 is 1.16 bits per heavy atom. The number of likely N-dealkylation sites (N-methyl/N-ethyl adjacent to an activating group) is 1. The normalized spacial score (nSPS) is 25.2. The van der Waals surface area contributed by atoms with Crippen LogP contribution >= 0.6 is 12.2 Å². The van der Waals surface area contributed by atoms with Crippen molar-refractivity contribution in [3.05, 3.63) is 64.7 Å². The van der Waals surface area contributed by atoms with E-state index in [4.69, 9.17) is 12.2 Å². The van der Waals surface area contributed by atoms with Gasteiger partial charge in [0, 0.05) is 18.3 Å². The Balaban J connectivity index is 1.54. The van der Waals surface area contributed by atoms with E-state index in [1.165, 1.54) is 24.3 Å². The predicted molar refractivity (Wildman–Crippen MR) is 120 cm³/mol. The van der Waals surface area contributed by atoms with E-state index < -0.39 is 17.6 Å². The Labute approximate surface area is 189 Å². The van der Waals surface area contributed by atoms with E-state index in [2.05, 4.69) is 15.8 Å². The number of rotatable bonds is 2. The van der Waals surface area contributed by atoms with Gasteiger partial charge in [0.15, 0.2) is 5.11 Å². The van der Waals surface area contributed by atoms with Gasteiger partial charge < -0.3 is 15.6 Å². The highest BCUT2D eigenvalue weighted by molar-refractivity contribution is 7.80. The summed E-state index contributed by atoms with van der Waals surface area (Å²) in [6.45, 7) is 0.390. The van der Waals surface area contributed by atoms with E-state index >= 15 is 0 Å². The summed E-state index contributed by atoms with van der Waals surface area (Å²) in [5, 5.41) is 8.46. The third-order valence-corrected chi connectivity index (χ3v) is 7.73. The highest BCUT2D eigenvalue weighted by Gasteiger charge is 2.60. The molecule has 1 spiro atoms. The molecule has 0 bridgehead atoms. The maximum absolute atomic E-state index is 14.4. The molecule has 32 heavy (non-hydrogen) atoms. The van der Waals surface area contributed by atoms with Gasteiger partial charge in [-0.05, 0) is 66.9 Å². The third-order valence-electron chi connectivity index (χ3n) is 7.26. The van der Waals surface area contributed by atoms with Crippen LogP contribution in [0.4, 0.5) is 14.5 Å². The lowest BCUT2D eigenvalue weighted by atomic mass is 9.75. The molecule has 6 rings (SSSR count). The first-order valence-corrected chi connectivity index (χ1v) is 11.1. The Kier molecular flexibility index (Phi) is 4.11. The fraction of sp³-hybridized carbons (Fsp3) is 0.348. The van der Waals surface area contributed by atoms with Crippen molar-refractivity contribution in [3.8, 4) is 0 Å². The van der Waals surface area contributed by atoms with E-state index in [-0.39, 0.29) is 17.5 Å². The summed E-state index contributed by atoms with van der Waals surface area (Å²) >= 11 is 5.77. The zero-order chi connectivity index (χ0) is 22.2. The second kappa shape index (κ2) is 6.71. The minimum Gasteiger partial charge on any atom is -0.375 e. The van der Waals surface area contributed by atoms with Crippen LogP contribution in [-0.2, 0) is 11.3 Å². The van der Waals surface area contributed by atoms with Crippen LogP contribution in [0.1, 0.15) is 42.0 Å². The van der Waals surface area contributed by atoms with E-state index in [9.17, 15) is 13.6 Å². The molecule has 2 fully saturated rings. The third kappa shape index (κ3) is 2.51. The monoisotopic (exact) mass is 453 g/mol. The van der Waals surface area contributed by atoms with Crippen molar-refractivity contribution in [2.24, 2.45) is 5.10 Å². The number of hydrogen-bond donors (Lipinski definition) is 2.